The summed E-state index contributed by atoms with van der Waals surface area (Å²) < 4.78 is 11.9. The van der Waals surface area contributed by atoms with Gasteiger partial charge in [-0.1, -0.05) is 30.7 Å². The van der Waals surface area contributed by atoms with Crippen LogP contribution in [0.15, 0.2) is 29.3 Å². The van der Waals surface area contributed by atoms with Crippen molar-refractivity contribution in [3.8, 4) is 0 Å². The quantitative estimate of drug-likeness (QED) is 0.328. The second-order valence-electron chi connectivity index (χ2n) is 8.17. The van der Waals surface area contributed by atoms with Gasteiger partial charge in [0, 0.05) is 48.0 Å². The van der Waals surface area contributed by atoms with Crippen LogP contribution in [-0.4, -0.2) is 52.3 Å². The Hall–Kier alpha value is -0.670. The lowest BCUT2D eigenvalue weighted by Gasteiger charge is -2.26. The fourth-order valence-electron chi connectivity index (χ4n) is 3.11. The number of halogens is 1. The molecule has 0 aliphatic carbocycles. The van der Waals surface area contributed by atoms with Crippen molar-refractivity contribution in [1.82, 2.24) is 15.5 Å². The van der Waals surface area contributed by atoms with Gasteiger partial charge in [-0.05, 0) is 57.8 Å². The maximum absolute atomic E-state index is 12.1. The normalized spacial score (nSPS) is 16.9. The largest absolute Gasteiger partial charge is 0.355 e. The van der Waals surface area contributed by atoms with Gasteiger partial charge < -0.3 is 10.6 Å². The zero-order valence-corrected chi connectivity index (χ0v) is 20.9. The predicted octanol–water partition coefficient (Wildman–Crippen LogP) is 3.50. The molecule has 0 aromatic heterocycles. The number of piperidine rings is 1. The van der Waals surface area contributed by atoms with Gasteiger partial charge in [-0.15, -0.1) is 24.0 Å². The molecule has 0 radical (unpaired) electrons. The van der Waals surface area contributed by atoms with E-state index in [1.165, 1.54) is 43.5 Å². The van der Waals surface area contributed by atoms with Crippen molar-refractivity contribution in [2.45, 2.75) is 57.9 Å². The van der Waals surface area contributed by atoms with Crippen LogP contribution in [0.3, 0.4) is 0 Å². The van der Waals surface area contributed by atoms with Crippen molar-refractivity contribution in [2.24, 2.45) is 4.99 Å². The summed E-state index contributed by atoms with van der Waals surface area (Å²) in [6, 6.07) is 8.84. The van der Waals surface area contributed by atoms with Crippen LogP contribution in [0.2, 0.25) is 0 Å². The molecule has 1 aromatic rings. The topological polar surface area (TPSA) is 56.7 Å². The zero-order chi connectivity index (χ0) is 19.7. The molecule has 5 nitrogen and oxygen atoms in total. The summed E-state index contributed by atoms with van der Waals surface area (Å²) in [5.41, 5.74) is 2.62. The lowest BCUT2D eigenvalue weighted by molar-refractivity contribution is 0.221. The van der Waals surface area contributed by atoms with Gasteiger partial charge in [0.05, 0.1) is 0 Å². The van der Waals surface area contributed by atoms with Gasteiger partial charge in [0.1, 0.15) is 0 Å². The molecule has 1 fully saturated rings. The van der Waals surface area contributed by atoms with Crippen LogP contribution in [0, 0.1) is 0 Å². The molecule has 1 aliphatic rings. The van der Waals surface area contributed by atoms with Crippen molar-refractivity contribution in [3.63, 3.8) is 0 Å². The fourth-order valence-corrected chi connectivity index (χ4v) is 4.01. The van der Waals surface area contributed by atoms with Crippen LogP contribution >= 0.6 is 24.0 Å². The van der Waals surface area contributed by atoms with E-state index in [0.29, 0.717) is 12.3 Å². The lowest BCUT2D eigenvalue weighted by atomic mass is 10.1. The van der Waals surface area contributed by atoms with E-state index in [9.17, 15) is 4.21 Å². The molecule has 1 saturated heterocycles. The van der Waals surface area contributed by atoms with Crippen molar-refractivity contribution >= 4 is 40.7 Å². The molecular weight excluding hydrogens is 483 g/mol. The standard InChI is InChI=1S/C21H36N4OS.HI/c1-21(2,3)27(26)15-12-23-20(22-4)24-16-18-8-10-19(11-9-18)17-25-13-6-5-7-14-25;/h8-11H,5-7,12-17H2,1-4H3,(H2,22,23,24);1H. The number of likely N-dealkylation sites (tertiary alicyclic amines) is 1. The molecule has 2 rings (SSSR count). The van der Waals surface area contributed by atoms with Gasteiger partial charge in [-0.3, -0.25) is 14.1 Å². The Morgan fingerprint density at radius 1 is 1.07 bits per heavy atom. The van der Waals surface area contributed by atoms with Gasteiger partial charge in [0.15, 0.2) is 5.96 Å². The van der Waals surface area contributed by atoms with Gasteiger partial charge >= 0.3 is 0 Å². The van der Waals surface area contributed by atoms with E-state index >= 15 is 0 Å². The minimum atomic E-state index is -0.851. The van der Waals surface area contributed by atoms with Crippen LogP contribution in [-0.2, 0) is 23.9 Å². The minimum absolute atomic E-state index is 0. The first kappa shape index (κ1) is 25.4. The first-order valence-electron chi connectivity index (χ1n) is 10.0. The third-order valence-electron chi connectivity index (χ3n) is 4.82. The van der Waals surface area contributed by atoms with Crippen LogP contribution in [0.4, 0.5) is 0 Å². The predicted molar refractivity (Wildman–Crippen MR) is 132 cm³/mol. The molecule has 1 aliphatic heterocycles. The van der Waals surface area contributed by atoms with Crippen molar-refractivity contribution in [2.75, 3.05) is 32.4 Å². The average molecular weight is 521 g/mol. The molecule has 1 heterocycles. The number of hydrogen-bond donors (Lipinski definition) is 2. The Labute approximate surface area is 190 Å². The van der Waals surface area contributed by atoms with Gasteiger partial charge in [-0.25, -0.2) is 0 Å². The van der Waals surface area contributed by atoms with Gasteiger partial charge in [0.25, 0.3) is 0 Å². The molecule has 160 valence electrons. The highest BCUT2D eigenvalue weighted by atomic mass is 127. The van der Waals surface area contributed by atoms with Crippen LogP contribution in [0.5, 0.6) is 0 Å². The molecule has 1 unspecified atom stereocenters. The number of benzene rings is 1. The van der Waals surface area contributed by atoms with Crippen molar-refractivity contribution in [1.29, 1.82) is 0 Å². The molecule has 2 N–H and O–H groups in total. The summed E-state index contributed by atoms with van der Waals surface area (Å²) >= 11 is 0. The molecule has 1 aromatic carbocycles. The summed E-state index contributed by atoms with van der Waals surface area (Å²) in [7, 11) is 0.911. The molecule has 28 heavy (non-hydrogen) atoms. The zero-order valence-electron chi connectivity index (χ0n) is 17.8. The number of nitrogens with one attached hydrogen (secondary N) is 2. The second-order valence-corrected chi connectivity index (χ2v) is 10.5. The Balaban J connectivity index is 0.00000392. The van der Waals surface area contributed by atoms with Crippen LogP contribution in [0.1, 0.15) is 51.2 Å². The monoisotopic (exact) mass is 520 g/mol. The van der Waals surface area contributed by atoms with Crippen molar-refractivity contribution in [3.05, 3.63) is 35.4 Å². The van der Waals surface area contributed by atoms with E-state index in [4.69, 9.17) is 0 Å². The molecule has 0 bridgehead atoms. The Bertz CT molecular complexity index is 622. The Morgan fingerprint density at radius 3 is 2.25 bits per heavy atom. The van der Waals surface area contributed by atoms with E-state index < -0.39 is 10.8 Å². The molecular formula is C21H37IN4OS. The molecule has 7 heteroatoms. The fraction of sp³-hybridized carbons (Fsp3) is 0.667. The number of aliphatic imine (C=N–C) groups is 1. The average Bonchev–Trinajstić information content (AvgIpc) is 2.65. The Morgan fingerprint density at radius 2 is 1.68 bits per heavy atom. The summed E-state index contributed by atoms with van der Waals surface area (Å²) in [5.74, 6) is 1.37. The Kier molecular flexibility index (Phi) is 11.6. The summed E-state index contributed by atoms with van der Waals surface area (Å²) in [6.07, 6.45) is 4.04. The maximum Gasteiger partial charge on any atom is 0.191 e. The maximum atomic E-state index is 12.1. The first-order chi connectivity index (χ1) is 12.9. The number of guanidine groups is 1. The summed E-state index contributed by atoms with van der Waals surface area (Å²) in [4.78, 5) is 6.79. The SMILES string of the molecule is CN=C(NCCS(=O)C(C)(C)C)NCc1ccc(CN2CCCCC2)cc1.I. The van der Waals surface area contributed by atoms with Gasteiger partial charge in [-0.2, -0.15) is 0 Å². The second kappa shape index (κ2) is 12.8. The number of rotatable bonds is 7. The van der Waals surface area contributed by atoms with Gasteiger partial charge in [0.2, 0.25) is 0 Å². The smallest absolute Gasteiger partial charge is 0.191 e. The lowest BCUT2D eigenvalue weighted by Crippen LogP contribution is -2.40. The van der Waals surface area contributed by atoms with E-state index in [0.717, 1.165) is 19.0 Å². The molecule has 0 saturated carbocycles. The van der Waals surface area contributed by atoms with Crippen LogP contribution < -0.4 is 10.6 Å². The third kappa shape index (κ3) is 9.22. The highest BCUT2D eigenvalue weighted by Gasteiger charge is 2.18. The number of nitrogens with zero attached hydrogens (tertiary/aromatic N) is 2. The van der Waals surface area contributed by atoms with E-state index in [1.807, 2.05) is 20.8 Å². The highest BCUT2D eigenvalue weighted by molar-refractivity contribution is 14.0. The number of hydrogen-bond acceptors (Lipinski definition) is 3. The minimum Gasteiger partial charge on any atom is -0.355 e. The third-order valence-corrected chi connectivity index (χ3v) is 6.77. The molecule has 0 spiro atoms. The summed E-state index contributed by atoms with van der Waals surface area (Å²) in [5, 5.41) is 6.58. The van der Waals surface area contributed by atoms with E-state index in [-0.39, 0.29) is 28.7 Å². The van der Waals surface area contributed by atoms with Crippen molar-refractivity contribution < 1.29 is 4.21 Å². The van der Waals surface area contributed by atoms with E-state index in [2.05, 4.69) is 44.8 Å². The van der Waals surface area contributed by atoms with Crippen LogP contribution in [0.25, 0.3) is 0 Å². The highest BCUT2D eigenvalue weighted by Crippen LogP contribution is 2.13. The summed E-state index contributed by atoms with van der Waals surface area (Å²) in [6.45, 7) is 10.9. The first-order valence-corrected chi connectivity index (χ1v) is 11.3. The molecule has 0 amide bonds. The molecule has 1 atom stereocenters. The van der Waals surface area contributed by atoms with E-state index in [1.54, 1.807) is 7.05 Å².